The summed E-state index contributed by atoms with van der Waals surface area (Å²) in [5.74, 6) is 0.654. The van der Waals surface area contributed by atoms with Crippen LogP contribution in [0.5, 0.6) is 0 Å². The van der Waals surface area contributed by atoms with Crippen LogP contribution in [0.15, 0.2) is 0 Å². The quantitative estimate of drug-likeness (QED) is 0.707. The molecule has 0 aromatic heterocycles. The highest BCUT2D eigenvalue weighted by Crippen LogP contribution is 2.34. The molecule has 2 aliphatic rings. The largest absolute Gasteiger partial charge is 0.396 e. The van der Waals surface area contributed by atoms with Crippen LogP contribution < -0.4 is 5.32 Å². The lowest BCUT2D eigenvalue weighted by atomic mass is 9.77. The van der Waals surface area contributed by atoms with Gasteiger partial charge in [-0.2, -0.15) is 0 Å². The third-order valence-corrected chi connectivity index (χ3v) is 5.61. The predicted molar refractivity (Wildman–Crippen MR) is 91.4 cm³/mol. The smallest absolute Gasteiger partial charge is 0.317 e. The van der Waals surface area contributed by atoms with Crippen molar-refractivity contribution in [1.29, 1.82) is 0 Å². The number of amides is 2. The maximum Gasteiger partial charge on any atom is 0.317 e. The summed E-state index contributed by atoms with van der Waals surface area (Å²) in [6.45, 7) is 3.16. The van der Waals surface area contributed by atoms with Crippen molar-refractivity contribution in [3.63, 3.8) is 0 Å². The molecule has 1 heterocycles. The normalized spacial score (nSPS) is 26.3. The number of rotatable bonds is 7. The summed E-state index contributed by atoms with van der Waals surface area (Å²) in [5, 5.41) is 13.0. The zero-order chi connectivity index (χ0) is 16.5. The van der Waals surface area contributed by atoms with E-state index in [4.69, 9.17) is 4.74 Å². The van der Waals surface area contributed by atoms with Crippen molar-refractivity contribution in [2.24, 2.45) is 11.3 Å². The first kappa shape index (κ1) is 18.5. The summed E-state index contributed by atoms with van der Waals surface area (Å²) in [4.78, 5) is 14.4. The van der Waals surface area contributed by atoms with Gasteiger partial charge < -0.3 is 20.1 Å². The molecule has 1 atom stereocenters. The van der Waals surface area contributed by atoms with E-state index in [2.05, 4.69) is 5.32 Å². The highest BCUT2D eigenvalue weighted by molar-refractivity contribution is 5.74. The summed E-state index contributed by atoms with van der Waals surface area (Å²) in [6, 6.07) is 0.0554. The van der Waals surface area contributed by atoms with Crippen LogP contribution >= 0.6 is 0 Å². The molecule has 1 aliphatic heterocycles. The number of likely N-dealkylation sites (tertiary alicyclic amines) is 1. The van der Waals surface area contributed by atoms with Crippen molar-refractivity contribution in [3.05, 3.63) is 0 Å². The van der Waals surface area contributed by atoms with Gasteiger partial charge in [-0.1, -0.05) is 19.3 Å². The summed E-state index contributed by atoms with van der Waals surface area (Å²) < 4.78 is 5.13. The Morgan fingerprint density at radius 2 is 2.09 bits per heavy atom. The van der Waals surface area contributed by atoms with Gasteiger partial charge >= 0.3 is 6.03 Å². The van der Waals surface area contributed by atoms with Crippen LogP contribution in [-0.2, 0) is 4.74 Å². The molecule has 2 fully saturated rings. The van der Waals surface area contributed by atoms with E-state index < -0.39 is 0 Å². The molecule has 5 heteroatoms. The molecule has 0 unspecified atom stereocenters. The van der Waals surface area contributed by atoms with Gasteiger partial charge in [0.15, 0.2) is 0 Å². The number of aliphatic hydroxyl groups is 1. The molecule has 5 nitrogen and oxygen atoms in total. The number of urea groups is 1. The minimum Gasteiger partial charge on any atom is -0.396 e. The summed E-state index contributed by atoms with van der Waals surface area (Å²) in [5.41, 5.74) is -0.140. The molecular formula is C18H34N2O3. The van der Waals surface area contributed by atoms with Gasteiger partial charge in [-0.3, -0.25) is 0 Å². The van der Waals surface area contributed by atoms with E-state index in [1.807, 2.05) is 4.90 Å². The molecule has 2 N–H and O–H groups in total. The molecule has 134 valence electrons. The Morgan fingerprint density at radius 1 is 1.30 bits per heavy atom. The van der Waals surface area contributed by atoms with E-state index >= 15 is 0 Å². The lowest BCUT2D eigenvalue weighted by Gasteiger charge is -2.42. The minimum absolute atomic E-state index is 0.0554. The number of nitrogens with one attached hydrogen (secondary N) is 1. The molecule has 0 aromatic carbocycles. The number of piperidine rings is 1. The van der Waals surface area contributed by atoms with Crippen LogP contribution in [0, 0.1) is 11.3 Å². The highest BCUT2D eigenvalue weighted by atomic mass is 16.5. The first-order valence-corrected chi connectivity index (χ1v) is 9.32. The van der Waals surface area contributed by atoms with Crippen LogP contribution in [0.2, 0.25) is 0 Å². The van der Waals surface area contributed by atoms with Crippen LogP contribution in [-0.4, -0.2) is 56.0 Å². The first-order chi connectivity index (χ1) is 11.2. The Kier molecular flexibility index (Phi) is 7.63. The number of hydrogen-bond donors (Lipinski definition) is 2. The van der Waals surface area contributed by atoms with Crippen molar-refractivity contribution in [1.82, 2.24) is 10.2 Å². The van der Waals surface area contributed by atoms with Gasteiger partial charge in [0, 0.05) is 38.8 Å². The molecule has 0 bridgehead atoms. The van der Waals surface area contributed by atoms with Crippen molar-refractivity contribution in [2.45, 2.75) is 57.8 Å². The lowest BCUT2D eigenvalue weighted by molar-refractivity contribution is 0.0326. The van der Waals surface area contributed by atoms with Gasteiger partial charge in [0.05, 0.1) is 6.61 Å². The third-order valence-electron chi connectivity index (χ3n) is 5.61. The van der Waals surface area contributed by atoms with E-state index in [9.17, 15) is 9.90 Å². The Morgan fingerprint density at radius 3 is 2.78 bits per heavy atom. The molecule has 1 saturated heterocycles. The number of carbonyl (C=O) groups is 1. The second kappa shape index (κ2) is 9.48. The fourth-order valence-corrected chi connectivity index (χ4v) is 4.12. The van der Waals surface area contributed by atoms with Gasteiger partial charge in [-0.25, -0.2) is 4.79 Å². The van der Waals surface area contributed by atoms with Crippen molar-refractivity contribution in [3.8, 4) is 0 Å². The van der Waals surface area contributed by atoms with Crippen molar-refractivity contribution >= 4 is 6.03 Å². The zero-order valence-electron chi connectivity index (χ0n) is 14.7. The molecular weight excluding hydrogens is 292 g/mol. The molecule has 1 aliphatic carbocycles. The Labute approximate surface area is 140 Å². The van der Waals surface area contributed by atoms with E-state index in [-0.39, 0.29) is 18.1 Å². The van der Waals surface area contributed by atoms with E-state index in [0.29, 0.717) is 12.5 Å². The van der Waals surface area contributed by atoms with Gasteiger partial charge in [0.1, 0.15) is 0 Å². The molecule has 0 spiro atoms. The van der Waals surface area contributed by atoms with Crippen molar-refractivity contribution < 1.29 is 14.6 Å². The molecule has 1 saturated carbocycles. The molecule has 2 amide bonds. The van der Waals surface area contributed by atoms with Crippen LogP contribution in [0.4, 0.5) is 4.79 Å². The fourth-order valence-electron chi connectivity index (χ4n) is 4.12. The second-order valence-corrected chi connectivity index (χ2v) is 7.47. The average Bonchev–Trinajstić information content (AvgIpc) is 2.61. The van der Waals surface area contributed by atoms with E-state index in [1.54, 1.807) is 7.11 Å². The number of methoxy groups -OCH3 is 1. The zero-order valence-corrected chi connectivity index (χ0v) is 14.7. The molecule has 0 radical (unpaired) electrons. The Bertz CT molecular complexity index is 358. The number of ether oxygens (including phenoxy) is 1. The van der Waals surface area contributed by atoms with Gasteiger partial charge in [0.25, 0.3) is 0 Å². The maximum absolute atomic E-state index is 12.5. The highest BCUT2D eigenvalue weighted by Gasteiger charge is 2.36. The van der Waals surface area contributed by atoms with Crippen LogP contribution in [0.25, 0.3) is 0 Å². The third kappa shape index (κ3) is 5.64. The second-order valence-electron chi connectivity index (χ2n) is 7.47. The predicted octanol–water partition coefficient (Wildman–Crippen LogP) is 2.78. The standard InChI is InChI=1S/C18H34N2O3/c1-23-12-6-10-18(15-21)9-5-11-20(14-18)17(22)19-13-16-7-3-2-4-8-16/h16,21H,2-15H2,1H3,(H,19,22)/t18-/m1/s1. The Balaban J connectivity index is 1.79. The maximum atomic E-state index is 12.5. The summed E-state index contributed by atoms with van der Waals surface area (Å²) in [7, 11) is 1.71. The lowest BCUT2D eigenvalue weighted by Crippen LogP contribution is -2.51. The average molecular weight is 326 g/mol. The summed E-state index contributed by atoms with van der Waals surface area (Å²) in [6.07, 6.45) is 10.3. The number of aliphatic hydroxyl groups excluding tert-OH is 1. The van der Waals surface area contributed by atoms with E-state index in [0.717, 1.165) is 45.4 Å². The van der Waals surface area contributed by atoms with Gasteiger partial charge in [0.2, 0.25) is 0 Å². The first-order valence-electron chi connectivity index (χ1n) is 9.32. The molecule has 0 aromatic rings. The monoisotopic (exact) mass is 326 g/mol. The Hall–Kier alpha value is -0.810. The van der Waals surface area contributed by atoms with Gasteiger partial charge in [-0.05, 0) is 44.4 Å². The SMILES string of the molecule is COCCC[C@]1(CO)CCCN(C(=O)NCC2CCCCC2)C1. The molecule has 23 heavy (non-hydrogen) atoms. The number of nitrogens with zero attached hydrogens (tertiary/aromatic N) is 1. The topological polar surface area (TPSA) is 61.8 Å². The fraction of sp³-hybridized carbons (Fsp3) is 0.944. The van der Waals surface area contributed by atoms with Crippen molar-refractivity contribution in [2.75, 3.05) is 40.0 Å². The number of hydrogen-bond acceptors (Lipinski definition) is 3. The molecule has 2 rings (SSSR count). The minimum atomic E-state index is -0.140. The number of carbonyl (C=O) groups excluding carboxylic acids is 1. The van der Waals surface area contributed by atoms with Crippen LogP contribution in [0.1, 0.15) is 57.8 Å². The van der Waals surface area contributed by atoms with Crippen LogP contribution in [0.3, 0.4) is 0 Å². The van der Waals surface area contributed by atoms with Gasteiger partial charge in [-0.15, -0.1) is 0 Å². The van der Waals surface area contributed by atoms with E-state index in [1.165, 1.54) is 32.1 Å². The summed E-state index contributed by atoms with van der Waals surface area (Å²) >= 11 is 0.